The molecule has 0 saturated carbocycles. The molecule has 0 amide bonds. The van der Waals surface area contributed by atoms with Crippen molar-refractivity contribution in [3.63, 3.8) is 0 Å². The van der Waals surface area contributed by atoms with Gasteiger partial charge in [-0.15, -0.1) is 24.0 Å². The van der Waals surface area contributed by atoms with Gasteiger partial charge in [-0.25, -0.2) is 0 Å². The number of aliphatic imine (C=N–C) groups is 1. The van der Waals surface area contributed by atoms with Crippen LogP contribution in [0.2, 0.25) is 0 Å². The van der Waals surface area contributed by atoms with Crippen LogP contribution in [-0.4, -0.2) is 68.5 Å². The van der Waals surface area contributed by atoms with Crippen LogP contribution in [0.15, 0.2) is 35.3 Å². The van der Waals surface area contributed by atoms with Crippen LogP contribution in [-0.2, 0) is 0 Å². The average molecular weight is 488 g/mol. The first kappa shape index (κ1) is 24.9. The van der Waals surface area contributed by atoms with Gasteiger partial charge in [-0.1, -0.05) is 30.3 Å². The number of rotatable bonds is 9. The Morgan fingerprint density at radius 2 is 1.88 bits per heavy atom. The van der Waals surface area contributed by atoms with Crippen molar-refractivity contribution >= 4 is 29.9 Å². The molecule has 0 heterocycles. The zero-order valence-corrected chi connectivity index (χ0v) is 17.4. The van der Waals surface area contributed by atoms with Crippen LogP contribution in [0.1, 0.15) is 18.4 Å². The molecule has 0 saturated heterocycles. The molecule has 0 spiro atoms. The molecule has 0 fully saturated rings. The van der Waals surface area contributed by atoms with Crippen LogP contribution in [0.5, 0.6) is 0 Å². The molecule has 0 aliphatic carbocycles. The predicted molar refractivity (Wildman–Crippen MR) is 109 cm³/mol. The topological polar surface area (TPSA) is 59.9 Å². The summed E-state index contributed by atoms with van der Waals surface area (Å²) in [6.07, 6.45) is -4.20. The molecule has 1 rings (SSSR count). The lowest BCUT2D eigenvalue weighted by atomic mass is 10.0. The first-order chi connectivity index (χ1) is 11.9. The Hall–Kier alpha value is -1.07. The fourth-order valence-electron chi connectivity index (χ4n) is 2.29. The molecule has 1 aromatic carbocycles. The van der Waals surface area contributed by atoms with Gasteiger partial charge >= 0.3 is 6.18 Å². The summed E-state index contributed by atoms with van der Waals surface area (Å²) in [7, 11) is 1.43. The smallest absolute Gasteiger partial charge is 0.396 e. The molecular formula is C17H28F3IN4O. The first-order valence-electron chi connectivity index (χ1n) is 8.29. The summed E-state index contributed by atoms with van der Waals surface area (Å²) in [6.45, 7) is 2.55. The van der Waals surface area contributed by atoms with E-state index in [-0.39, 0.29) is 43.0 Å². The van der Waals surface area contributed by atoms with Crippen molar-refractivity contribution < 1.29 is 18.3 Å². The van der Waals surface area contributed by atoms with Gasteiger partial charge in [-0.2, -0.15) is 13.2 Å². The zero-order valence-electron chi connectivity index (χ0n) is 15.1. The van der Waals surface area contributed by atoms with E-state index in [1.807, 2.05) is 37.3 Å². The molecule has 1 aromatic rings. The second-order valence-electron chi connectivity index (χ2n) is 5.79. The molecule has 5 nitrogen and oxygen atoms in total. The first-order valence-corrected chi connectivity index (χ1v) is 8.29. The summed E-state index contributed by atoms with van der Waals surface area (Å²) in [5, 5.41) is 15.6. The maximum atomic E-state index is 12.3. The third-order valence-electron chi connectivity index (χ3n) is 3.54. The molecule has 3 N–H and O–H groups in total. The summed E-state index contributed by atoms with van der Waals surface area (Å²) in [5.41, 5.74) is 0.995. The molecule has 1 atom stereocenters. The van der Waals surface area contributed by atoms with E-state index in [2.05, 4.69) is 15.6 Å². The van der Waals surface area contributed by atoms with Gasteiger partial charge in [0.25, 0.3) is 0 Å². The van der Waals surface area contributed by atoms with Crippen molar-refractivity contribution in [2.24, 2.45) is 4.99 Å². The minimum Gasteiger partial charge on any atom is -0.396 e. The second-order valence-corrected chi connectivity index (χ2v) is 5.79. The summed E-state index contributed by atoms with van der Waals surface area (Å²) >= 11 is 0. The molecule has 150 valence electrons. The SMILES string of the molecule is CCNC(=NCC(CO)c1ccccc1)NCCN(C)CC(F)(F)F.I. The zero-order chi connectivity index (χ0) is 18.7. The number of likely N-dealkylation sites (N-methyl/N-ethyl adjacent to an activating group) is 1. The molecule has 0 bridgehead atoms. The van der Waals surface area contributed by atoms with Crippen molar-refractivity contribution in [3.05, 3.63) is 35.9 Å². The van der Waals surface area contributed by atoms with Gasteiger partial charge in [0, 0.05) is 25.6 Å². The molecule has 26 heavy (non-hydrogen) atoms. The fraction of sp³-hybridized carbons (Fsp3) is 0.588. The van der Waals surface area contributed by atoms with Crippen molar-refractivity contribution in [3.8, 4) is 0 Å². The third-order valence-corrected chi connectivity index (χ3v) is 3.54. The Kier molecular flexibility index (Phi) is 12.6. The highest BCUT2D eigenvalue weighted by Gasteiger charge is 2.28. The minimum absolute atomic E-state index is 0. The van der Waals surface area contributed by atoms with Crippen LogP contribution in [0.3, 0.4) is 0 Å². The quantitative estimate of drug-likeness (QED) is 0.284. The Balaban J connectivity index is 0.00000625. The Bertz CT molecular complexity index is 514. The number of nitrogens with zero attached hydrogens (tertiary/aromatic N) is 2. The van der Waals surface area contributed by atoms with E-state index in [1.54, 1.807) is 0 Å². The number of nitrogens with one attached hydrogen (secondary N) is 2. The molecule has 0 radical (unpaired) electrons. The number of halogens is 4. The maximum absolute atomic E-state index is 12.3. The van der Waals surface area contributed by atoms with E-state index in [9.17, 15) is 18.3 Å². The summed E-state index contributed by atoms with van der Waals surface area (Å²) in [6, 6.07) is 9.58. The Labute approximate surface area is 170 Å². The maximum Gasteiger partial charge on any atom is 0.401 e. The van der Waals surface area contributed by atoms with Gasteiger partial charge in [0.15, 0.2) is 5.96 Å². The van der Waals surface area contributed by atoms with Gasteiger partial charge in [0.05, 0.1) is 19.7 Å². The summed E-state index contributed by atoms with van der Waals surface area (Å²) in [5.74, 6) is 0.404. The van der Waals surface area contributed by atoms with Gasteiger partial charge in [-0.3, -0.25) is 9.89 Å². The lowest BCUT2D eigenvalue weighted by Crippen LogP contribution is -2.42. The third kappa shape index (κ3) is 10.8. The number of alkyl halides is 3. The van der Waals surface area contributed by atoms with E-state index >= 15 is 0 Å². The Morgan fingerprint density at radius 1 is 1.23 bits per heavy atom. The molecule has 0 aliphatic rings. The summed E-state index contributed by atoms with van der Waals surface area (Å²) < 4.78 is 36.9. The highest BCUT2D eigenvalue weighted by atomic mass is 127. The van der Waals surface area contributed by atoms with E-state index in [1.165, 1.54) is 11.9 Å². The van der Waals surface area contributed by atoms with Crippen LogP contribution in [0.25, 0.3) is 0 Å². The number of hydrogen-bond acceptors (Lipinski definition) is 3. The van der Waals surface area contributed by atoms with E-state index in [0.29, 0.717) is 25.6 Å². The van der Waals surface area contributed by atoms with Crippen LogP contribution >= 0.6 is 24.0 Å². The molecule has 0 aromatic heterocycles. The van der Waals surface area contributed by atoms with E-state index < -0.39 is 12.7 Å². The van der Waals surface area contributed by atoms with E-state index in [4.69, 9.17) is 0 Å². The highest BCUT2D eigenvalue weighted by molar-refractivity contribution is 14.0. The average Bonchev–Trinajstić information content (AvgIpc) is 2.54. The van der Waals surface area contributed by atoms with Crippen LogP contribution in [0, 0.1) is 0 Å². The number of benzene rings is 1. The molecule has 9 heteroatoms. The minimum atomic E-state index is -4.20. The monoisotopic (exact) mass is 488 g/mol. The largest absolute Gasteiger partial charge is 0.401 e. The van der Waals surface area contributed by atoms with Gasteiger partial charge < -0.3 is 15.7 Å². The number of aliphatic hydroxyl groups excluding tert-OH is 1. The van der Waals surface area contributed by atoms with E-state index in [0.717, 1.165) is 5.56 Å². The van der Waals surface area contributed by atoms with Gasteiger partial charge in [0.1, 0.15) is 0 Å². The molecule has 1 unspecified atom stereocenters. The number of guanidine groups is 1. The van der Waals surface area contributed by atoms with Crippen LogP contribution < -0.4 is 10.6 Å². The highest BCUT2D eigenvalue weighted by Crippen LogP contribution is 2.15. The predicted octanol–water partition coefficient (Wildman–Crippen LogP) is 2.43. The fourth-order valence-corrected chi connectivity index (χ4v) is 2.29. The standard InChI is InChI=1S/C17H27F3N4O.HI/c1-3-21-16(22-9-10-24(2)13-17(18,19)20)23-11-15(12-25)14-7-5-4-6-8-14;/h4-8,15,25H,3,9-13H2,1-2H3,(H2,21,22,23);1H. The molecule has 0 aliphatic heterocycles. The molecular weight excluding hydrogens is 460 g/mol. The number of aliphatic hydroxyl groups is 1. The van der Waals surface area contributed by atoms with Gasteiger partial charge in [0.2, 0.25) is 0 Å². The Morgan fingerprint density at radius 3 is 2.42 bits per heavy atom. The lowest BCUT2D eigenvalue weighted by molar-refractivity contribution is -0.142. The number of hydrogen-bond donors (Lipinski definition) is 3. The second kappa shape index (κ2) is 13.2. The van der Waals surface area contributed by atoms with Crippen molar-refractivity contribution in [2.75, 3.05) is 46.4 Å². The van der Waals surface area contributed by atoms with Crippen LogP contribution in [0.4, 0.5) is 13.2 Å². The van der Waals surface area contributed by atoms with Crippen molar-refractivity contribution in [1.82, 2.24) is 15.5 Å². The van der Waals surface area contributed by atoms with Crippen molar-refractivity contribution in [1.29, 1.82) is 0 Å². The van der Waals surface area contributed by atoms with Crippen molar-refractivity contribution in [2.45, 2.75) is 19.0 Å². The van der Waals surface area contributed by atoms with Gasteiger partial charge in [-0.05, 0) is 19.5 Å². The lowest BCUT2D eigenvalue weighted by Gasteiger charge is -2.20. The normalized spacial score (nSPS) is 13.3. The summed E-state index contributed by atoms with van der Waals surface area (Å²) in [4.78, 5) is 5.63.